The molecule has 0 bridgehead atoms. The highest BCUT2D eigenvalue weighted by Crippen LogP contribution is 2.21. The van der Waals surface area contributed by atoms with Crippen LogP contribution in [0.25, 0.3) is 0 Å². The van der Waals surface area contributed by atoms with Gasteiger partial charge in [0.1, 0.15) is 0 Å². The number of rotatable bonds is 40. The number of esters is 1. The Labute approximate surface area is 310 Å². The van der Waals surface area contributed by atoms with Crippen LogP contribution >= 0.6 is 0 Å². The second kappa shape index (κ2) is 40.4. The Hall–Kier alpha value is -1.34. The fourth-order valence-electron chi connectivity index (χ4n) is 6.66. The van der Waals surface area contributed by atoms with E-state index in [4.69, 9.17) is 14.2 Å². The van der Waals surface area contributed by atoms with Crippen LogP contribution < -0.4 is 0 Å². The van der Waals surface area contributed by atoms with E-state index in [9.17, 15) is 14.7 Å². The molecule has 0 aliphatic heterocycles. The van der Waals surface area contributed by atoms with Crippen LogP contribution in [-0.2, 0) is 19.0 Å². The highest BCUT2D eigenvalue weighted by molar-refractivity contribution is 5.72. The van der Waals surface area contributed by atoms with E-state index < -0.39 is 6.16 Å². The lowest BCUT2D eigenvalue weighted by molar-refractivity contribution is -0.149. The Balaban J connectivity index is 4.05. The monoisotopic (exact) mass is 712 g/mol. The van der Waals surface area contributed by atoms with E-state index in [1.807, 2.05) is 0 Å². The molecule has 1 unspecified atom stereocenters. The molecule has 0 fully saturated rings. The van der Waals surface area contributed by atoms with Gasteiger partial charge in [0.2, 0.25) is 0 Å². The molecule has 0 aliphatic carbocycles. The van der Waals surface area contributed by atoms with Crippen LogP contribution in [0, 0.1) is 5.92 Å². The molecule has 0 amide bonds. The summed E-state index contributed by atoms with van der Waals surface area (Å²) in [6.07, 6.45) is 34.7. The first-order valence-corrected chi connectivity index (χ1v) is 21.9. The predicted molar refractivity (Wildman–Crippen MR) is 211 cm³/mol. The van der Waals surface area contributed by atoms with Gasteiger partial charge in [-0.15, -0.1) is 0 Å². The van der Waals surface area contributed by atoms with Crippen molar-refractivity contribution in [1.29, 1.82) is 0 Å². The molecule has 0 rings (SSSR count). The van der Waals surface area contributed by atoms with Gasteiger partial charge < -0.3 is 24.2 Å². The van der Waals surface area contributed by atoms with Gasteiger partial charge in [-0.3, -0.25) is 4.79 Å². The fraction of sp³-hybridized carbons (Fsp3) is 0.953. The van der Waals surface area contributed by atoms with E-state index in [0.29, 0.717) is 26.4 Å². The molecule has 7 nitrogen and oxygen atoms in total. The minimum Gasteiger partial charge on any atom is -0.465 e. The molecule has 0 aliphatic rings. The molecule has 0 aromatic heterocycles. The van der Waals surface area contributed by atoms with Crippen LogP contribution in [0.5, 0.6) is 0 Å². The summed E-state index contributed by atoms with van der Waals surface area (Å²) in [5, 5.41) is 9.54. The molecule has 0 aromatic rings. The lowest BCUT2D eigenvalue weighted by Crippen LogP contribution is -2.29. The summed E-state index contributed by atoms with van der Waals surface area (Å²) < 4.78 is 16.2. The standard InChI is InChI=1S/C43H85NO6/c1-4-7-10-13-16-17-20-26-33-41(32-25-19-15-12-9-6-3)42(46)48-38-31-24-28-35-44(36-37-45)34-27-21-23-30-40-50-43(47)49-39-29-22-18-14-11-8-5-2/h41,45H,4-40H2,1-3H3. The minimum atomic E-state index is -0.536. The zero-order chi connectivity index (χ0) is 36.6. The molecule has 0 saturated heterocycles. The van der Waals surface area contributed by atoms with Crippen molar-refractivity contribution in [2.75, 3.05) is 46.1 Å². The normalized spacial score (nSPS) is 12.0. The van der Waals surface area contributed by atoms with Crippen LogP contribution in [0.2, 0.25) is 0 Å². The number of hydrogen-bond donors (Lipinski definition) is 1. The van der Waals surface area contributed by atoms with Crippen LogP contribution in [0.15, 0.2) is 0 Å². The third-order valence-corrected chi connectivity index (χ3v) is 9.98. The Morgan fingerprint density at radius 3 is 1.20 bits per heavy atom. The van der Waals surface area contributed by atoms with Gasteiger partial charge in [0.25, 0.3) is 0 Å². The third kappa shape index (κ3) is 35.1. The quantitative estimate of drug-likeness (QED) is 0.0500. The number of nitrogens with zero attached hydrogens (tertiary/aromatic N) is 1. The zero-order valence-electron chi connectivity index (χ0n) is 33.7. The summed E-state index contributed by atoms with van der Waals surface area (Å²) >= 11 is 0. The lowest BCUT2D eigenvalue weighted by Gasteiger charge is -2.21. The van der Waals surface area contributed by atoms with Gasteiger partial charge in [-0.1, -0.05) is 162 Å². The molecular weight excluding hydrogens is 626 g/mol. The van der Waals surface area contributed by atoms with Gasteiger partial charge >= 0.3 is 12.1 Å². The van der Waals surface area contributed by atoms with Crippen LogP contribution in [0.4, 0.5) is 4.79 Å². The van der Waals surface area contributed by atoms with Crippen molar-refractivity contribution >= 4 is 12.1 Å². The lowest BCUT2D eigenvalue weighted by atomic mass is 9.94. The highest BCUT2D eigenvalue weighted by Gasteiger charge is 2.19. The first-order chi connectivity index (χ1) is 24.6. The summed E-state index contributed by atoms with van der Waals surface area (Å²) in [6, 6.07) is 0. The van der Waals surface area contributed by atoms with Gasteiger partial charge in [-0.05, 0) is 64.5 Å². The first kappa shape index (κ1) is 48.7. The molecular formula is C43H85NO6. The average molecular weight is 712 g/mol. The summed E-state index contributed by atoms with van der Waals surface area (Å²) in [7, 11) is 0. The molecule has 0 heterocycles. The minimum absolute atomic E-state index is 0.0363. The summed E-state index contributed by atoms with van der Waals surface area (Å²) in [4.78, 5) is 27.1. The Bertz CT molecular complexity index is 705. The van der Waals surface area contributed by atoms with Crippen LogP contribution in [-0.4, -0.2) is 68.2 Å². The largest absolute Gasteiger partial charge is 0.508 e. The first-order valence-electron chi connectivity index (χ1n) is 21.9. The van der Waals surface area contributed by atoms with Crippen molar-refractivity contribution in [3.05, 3.63) is 0 Å². The van der Waals surface area contributed by atoms with Gasteiger partial charge in [-0.25, -0.2) is 4.79 Å². The Morgan fingerprint density at radius 1 is 0.440 bits per heavy atom. The van der Waals surface area contributed by atoms with Crippen LogP contribution in [0.1, 0.15) is 213 Å². The molecule has 0 aromatic carbocycles. The Morgan fingerprint density at radius 2 is 0.780 bits per heavy atom. The molecule has 7 heteroatoms. The number of hydrogen-bond acceptors (Lipinski definition) is 7. The maximum absolute atomic E-state index is 13.0. The van der Waals surface area contributed by atoms with E-state index in [-0.39, 0.29) is 18.5 Å². The van der Waals surface area contributed by atoms with E-state index in [0.717, 1.165) is 96.6 Å². The van der Waals surface area contributed by atoms with Crippen molar-refractivity contribution in [2.24, 2.45) is 5.92 Å². The maximum atomic E-state index is 13.0. The highest BCUT2D eigenvalue weighted by atomic mass is 16.7. The number of aliphatic hydroxyl groups excluding tert-OH is 1. The second-order valence-corrected chi connectivity index (χ2v) is 14.8. The van der Waals surface area contributed by atoms with Gasteiger partial charge in [-0.2, -0.15) is 0 Å². The molecule has 50 heavy (non-hydrogen) atoms. The summed E-state index contributed by atoms with van der Waals surface area (Å²) in [5.41, 5.74) is 0. The number of aliphatic hydroxyl groups is 1. The smallest absolute Gasteiger partial charge is 0.465 e. The van der Waals surface area contributed by atoms with E-state index >= 15 is 0 Å². The molecule has 0 spiro atoms. The summed E-state index contributed by atoms with van der Waals surface area (Å²) in [5.74, 6) is 0.107. The van der Waals surface area contributed by atoms with Crippen molar-refractivity contribution in [3.63, 3.8) is 0 Å². The number of ether oxygens (including phenoxy) is 3. The van der Waals surface area contributed by atoms with Gasteiger partial charge in [0.05, 0.1) is 32.3 Å². The van der Waals surface area contributed by atoms with E-state index in [2.05, 4.69) is 25.7 Å². The molecule has 0 radical (unpaired) electrons. The van der Waals surface area contributed by atoms with Crippen LogP contribution in [0.3, 0.4) is 0 Å². The summed E-state index contributed by atoms with van der Waals surface area (Å²) in [6.45, 7) is 10.9. The third-order valence-electron chi connectivity index (χ3n) is 9.98. The average Bonchev–Trinajstić information content (AvgIpc) is 3.11. The molecule has 0 saturated carbocycles. The molecule has 1 atom stereocenters. The molecule has 298 valence electrons. The Kier molecular flexibility index (Phi) is 39.3. The van der Waals surface area contributed by atoms with Crippen molar-refractivity contribution < 1.29 is 28.9 Å². The fourth-order valence-corrected chi connectivity index (χ4v) is 6.66. The van der Waals surface area contributed by atoms with Crippen molar-refractivity contribution in [1.82, 2.24) is 4.90 Å². The van der Waals surface area contributed by atoms with E-state index in [1.54, 1.807) is 0 Å². The zero-order valence-corrected chi connectivity index (χ0v) is 33.7. The van der Waals surface area contributed by atoms with E-state index in [1.165, 1.54) is 109 Å². The van der Waals surface area contributed by atoms with Crippen molar-refractivity contribution in [2.45, 2.75) is 213 Å². The second-order valence-electron chi connectivity index (χ2n) is 14.8. The number of unbranched alkanes of at least 4 members (excludes halogenated alkanes) is 23. The maximum Gasteiger partial charge on any atom is 0.508 e. The number of carbonyl (C=O) groups excluding carboxylic acids is 2. The van der Waals surface area contributed by atoms with Gasteiger partial charge in [0, 0.05) is 6.54 Å². The predicted octanol–water partition coefficient (Wildman–Crippen LogP) is 12.4. The van der Waals surface area contributed by atoms with Crippen molar-refractivity contribution in [3.8, 4) is 0 Å². The SMILES string of the molecule is CCCCCCCCCCC(CCCCCCCC)C(=O)OCCCCCN(CCO)CCCCCCOC(=O)OCCCCCCCCC. The topological polar surface area (TPSA) is 85.3 Å². The molecule has 1 N–H and O–H groups in total. The number of carbonyl (C=O) groups is 2. The van der Waals surface area contributed by atoms with Gasteiger partial charge in [0.15, 0.2) is 0 Å².